The van der Waals surface area contributed by atoms with Crippen LogP contribution in [-0.2, 0) is 16.1 Å². The molecule has 0 unspecified atom stereocenters. The number of aromatic nitrogens is 3. The van der Waals surface area contributed by atoms with Gasteiger partial charge in [0.2, 0.25) is 11.8 Å². The van der Waals surface area contributed by atoms with Gasteiger partial charge in [-0.05, 0) is 48.5 Å². The molecule has 1 N–H and O–H groups in total. The highest BCUT2D eigenvalue weighted by Gasteiger charge is 2.20. The van der Waals surface area contributed by atoms with Gasteiger partial charge in [-0.3, -0.25) is 14.5 Å². The minimum Gasteiger partial charge on any atom is -0.497 e. The summed E-state index contributed by atoms with van der Waals surface area (Å²) in [6.45, 7) is 1.59. The number of ether oxygens (including phenoxy) is 1. The standard InChI is InChI=1S/C25H22FN5O3S/c1-17(32)31(23-6-4-3-5-22(23)26)25-28-19(16-35-25)7-12-24(33)27-15-18-13-14-30(29-18)20-8-10-21(34-2)11-9-20/h3-14,16H,15H2,1-2H3,(H,27,33). The number of carbonyl (C=O) groups is 2. The Morgan fingerprint density at radius 2 is 1.94 bits per heavy atom. The number of nitrogens with zero attached hydrogens (tertiary/aromatic N) is 4. The first-order chi connectivity index (χ1) is 16.9. The highest BCUT2D eigenvalue weighted by molar-refractivity contribution is 7.14. The highest BCUT2D eigenvalue weighted by atomic mass is 32.1. The molecule has 0 aliphatic carbocycles. The number of halogens is 1. The van der Waals surface area contributed by atoms with Gasteiger partial charge >= 0.3 is 0 Å². The molecule has 4 rings (SSSR count). The van der Waals surface area contributed by atoms with Gasteiger partial charge in [-0.1, -0.05) is 12.1 Å². The maximum atomic E-state index is 14.2. The second kappa shape index (κ2) is 10.7. The topological polar surface area (TPSA) is 89.4 Å². The number of rotatable bonds is 8. The van der Waals surface area contributed by atoms with Gasteiger partial charge in [0, 0.05) is 24.6 Å². The van der Waals surface area contributed by atoms with E-state index in [-0.39, 0.29) is 24.0 Å². The number of nitrogens with one attached hydrogen (secondary N) is 1. The van der Waals surface area contributed by atoms with E-state index in [1.165, 1.54) is 47.4 Å². The molecule has 0 saturated heterocycles. The Hall–Kier alpha value is -4.31. The Morgan fingerprint density at radius 1 is 1.17 bits per heavy atom. The normalized spacial score (nSPS) is 10.9. The molecule has 8 nitrogen and oxygen atoms in total. The van der Waals surface area contributed by atoms with Gasteiger partial charge in [0.15, 0.2) is 5.13 Å². The molecule has 178 valence electrons. The number of amides is 2. The molecule has 0 atom stereocenters. The molecular formula is C25H22FN5O3S. The number of thiazole rings is 1. The monoisotopic (exact) mass is 491 g/mol. The lowest BCUT2D eigenvalue weighted by Gasteiger charge is -2.18. The molecule has 0 bridgehead atoms. The third-order valence-electron chi connectivity index (χ3n) is 4.94. The predicted octanol–water partition coefficient (Wildman–Crippen LogP) is 4.49. The smallest absolute Gasteiger partial charge is 0.244 e. The molecule has 2 aromatic heterocycles. The molecule has 35 heavy (non-hydrogen) atoms. The zero-order valence-electron chi connectivity index (χ0n) is 19.0. The fourth-order valence-corrected chi connectivity index (χ4v) is 4.08. The molecule has 0 saturated carbocycles. The van der Waals surface area contributed by atoms with Gasteiger partial charge in [0.1, 0.15) is 11.6 Å². The highest BCUT2D eigenvalue weighted by Crippen LogP contribution is 2.31. The Balaban J connectivity index is 1.36. The molecule has 0 fully saturated rings. The van der Waals surface area contributed by atoms with Crippen molar-refractivity contribution in [3.63, 3.8) is 0 Å². The summed E-state index contributed by atoms with van der Waals surface area (Å²) < 4.78 is 21.1. The van der Waals surface area contributed by atoms with E-state index in [1.54, 1.807) is 29.3 Å². The molecular weight excluding hydrogens is 469 g/mol. The summed E-state index contributed by atoms with van der Waals surface area (Å²) in [4.78, 5) is 30.0. The van der Waals surface area contributed by atoms with Gasteiger partial charge in [0.25, 0.3) is 0 Å². The zero-order chi connectivity index (χ0) is 24.8. The molecule has 4 aromatic rings. The second-order valence-corrected chi connectivity index (χ2v) is 8.20. The third-order valence-corrected chi connectivity index (χ3v) is 5.78. The van der Waals surface area contributed by atoms with E-state index in [2.05, 4.69) is 15.4 Å². The van der Waals surface area contributed by atoms with Crippen molar-refractivity contribution in [2.24, 2.45) is 0 Å². The predicted molar refractivity (Wildman–Crippen MR) is 132 cm³/mol. The van der Waals surface area contributed by atoms with E-state index in [0.29, 0.717) is 16.5 Å². The Morgan fingerprint density at radius 3 is 2.66 bits per heavy atom. The summed E-state index contributed by atoms with van der Waals surface area (Å²) in [5.41, 5.74) is 2.17. The fraction of sp³-hybridized carbons (Fsp3) is 0.120. The average Bonchev–Trinajstić information content (AvgIpc) is 3.53. The summed E-state index contributed by atoms with van der Waals surface area (Å²) in [7, 11) is 1.61. The SMILES string of the molecule is COc1ccc(-n2ccc(CNC(=O)C=Cc3csc(N(C(C)=O)c4ccccc4F)n3)n2)cc1. The van der Waals surface area contributed by atoms with Crippen LogP contribution in [0, 0.1) is 5.82 Å². The van der Waals surface area contributed by atoms with Gasteiger partial charge in [-0.2, -0.15) is 5.10 Å². The van der Waals surface area contributed by atoms with Crippen molar-refractivity contribution in [3.05, 3.63) is 89.5 Å². The van der Waals surface area contributed by atoms with Crippen LogP contribution in [0.5, 0.6) is 5.75 Å². The van der Waals surface area contributed by atoms with E-state index in [9.17, 15) is 14.0 Å². The molecule has 0 aliphatic heterocycles. The Labute approximate surface area is 205 Å². The van der Waals surface area contributed by atoms with Crippen molar-refractivity contribution in [3.8, 4) is 11.4 Å². The van der Waals surface area contributed by atoms with Crippen LogP contribution in [0.15, 0.2) is 72.3 Å². The van der Waals surface area contributed by atoms with Gasteiger partial charge in [-0.25, -0.2) is 14.1 Å². The fourth-order valence-electron chi connectivity index (χ4n) is 3.23. The molecule has 2 heterocycles. The van der Waals surface area contributed by atoms with Crippen LogP contribution >= 0.6 is 11.3 Å². The summed E-state index contributed by atoms with van der Waals surface area (Å²) in [6, 6.07) is 15.3. The molecule has 0 spiro atoms. The zero-order valence-corrected chi connectivity index (χ0v) is 19.8. The van der Waals surface area contributed by atoms with Crippen molar-refractivity contribution in [2.45, 2.75) is 13.5 Å². The summed E-state index contributed by atoms with van der Waals surface area (Å²) >= 11 is 1.18. The molecule has 10 heteroatoms. The van der Waals surface area contributed by atoms with Gasteiger partial charge < -0.3 is 10.1 Å². The van der Waals surface area contributed by atoms with Crippen LogP contribution in [0.2, 0.25) is 0 Å². The second-order valence-electron chi connectivity index (χ2n) is 7.36. The Bertz CT molecular complexity index is 1360. The minimum absolute atomic E-state index is 0.122. The maximum Gasteiger partial charge on any atom is 0.244 e. The first-order valence-corrected chi connectivity index (χ1v) is 11.5. The number of benzene rings is 2. The lowest BCUT2D eigenvalue weighted by Crippen LogP contribution is -2.23. The van der Waals surface area contributed by atoms with Crippen molar-refractivity contribution in [1.82, 2.24) is 20.1 Å². The molecule has 2 amide bonds. The van der Waals surface area contributed by atoms with Crippen LogP contribution < -0.4 is 15.0 Å². The van der Waals surface area contributed by atoms with Crippen LogP contribution in [-0.4, -0.2) is 33.7 Å². The van der Waals surface area contributed by atoms with E-state index >= 15 is 0 Å². The van der Waals surface area contributed by atoms with E-state index in [1.807, 2.05) is 36.5 Å². The molecule has 2 aromatic carbocycles. The summed E-state index contributed by atoms with van der Waals surface area (Å²) in [6.07, 6.45) is 4.69. The first-order valence-electron chi connectivity index (χ1n) is 10.6. The lowest BCUT2D eigenvalue weighted by molar-refractivity contribution is -0.117. The van der Waals surface area contributed by atoms with Crippen molar-refractivity contribution in [1.29, 1.82) is 0 Å². The minimum atomic E-state index is -0.524. The van der Waals surface area contributed by atoms with E-state index in [4.69, 9.17) is 4.74 Å². The third kappa shape index (κ3) is 5.79. The number of hydrogen-bond acceptors (Lipinski definition) is 6. The largest absolute Gasteiger partial charge is 0.497 e. The molecule has 0 aliphatic rings. The number of hydrogen-bond donors (Lipinski definition) is 1. The Kier molecular flexibility index (Phi) is 7.32. The van der Waals surface area contributed by atoms with Crippen LogP contribution in [0.25, 0.3) is 11.8 Å². The number of carbonyl (C=O) groups excluding carboxylic acids is 2. The van der Waals surface area contributed by atoms with Gasteiger partial charge in [0.05, 0.1) is 36.4 Å². The number of anilines is 2. The number of para-hydroxylation sites is 1. The van der Waals surface area contributed by atoms with E-state index < -0.39 is 5.82 Å². The molecule has 0 radical (unpaired) electrons. The summed E-state index contributed by atoms with van der Waals surface area (Å²) in [5.74, 6) is -0.458. The first kappa shape index (κ1) is 23.8. The van der Waals surface area contributed by atoms with E-state index in [0.717, 1.165) is 11.4 Å². The van der Waals surface area contributed by atoms with Gasteiger partial charge in [-0.15, -0.1) is 11.3 Å². The lowest BCUT2D eigenvalue weighted by atomic mass is 10.3. The van der Waals surface area contributed by atoms with Crippen molar-refractivity contribution < 1.29 is 18.7 Å². The van der Waals surface area contributed by atoms with Crippen LogP contribution in [0.3, 0.4) is 0 Å². The number of methoxy groups -OCH3 is 1. The quantitative estimate of drug-likeness (QED) is 0.367. The van der Waals surface area contributed by atoms with Crippen LogP contribution in [0.4, 0.5) is 15.2 Å². The maximum absolute atomic E-state index is 14.2. The van der Waals surface area contributed by atoms with Crippen molar-refractivity contribution in [2.75, 3.05) is 12.0 Å². The average molecular weight is 492 g/mol. The van der Waals surface area contributed by atoms with Crippen LogP contribution in [0.1, 0.15) is 18.3 Å². The summed E-state index contributed by atoms with van der Waals surface area (Å²) in [5, 5.41) is 9.23. The van der Waals surface area contributed by atoms with Crippen molar-refractivity contribution >= 4 is 40.0 Å².